The molecule has 0 unspecified atom stereocenters. The number of unbranched alkanes of at least 4 members (excludes halogenated alkanes) is 4. The van der Waals surface area contributed by atoms with Crippen molar-refractivity contribution in [2.45, 2.75) is 114 Å². The van der Waals surface area contributed by atoms with Crippen molar-refractivity contribution in [2.75, 3.05) is 18.8 Å². The van der Waals surface area contributed by atoms with Gasteiger partial charge in [0.1, 0.15) is 0 Å². The van der Waals surface area contributed by atoms with Crippen molar-refractivity contribution >= 4 is 36.3 Å². The lowest BCUT2D eigenvalue weighted by molar-refractivity contribution is -0.121. The molecule has 4 N–H and O–H groups in total. The summed E-state index contributed by atoms with van der Waals surface area (Å²) < 4.78 is 12.3. The number of benzene rings is 1. The summed E-state index contributed by atoms with van der Waals surface area (Å²) in [5.41, 5.74) is 1.67. The minimum absolute atomic E-state index is 0.0352. The molecular weight excluding hydrogens is 511 g/mol. The molecule has 0 aliphatic carbocycles. The van der Waals surface area contributed by atoms with Crippen molar-refractivity contribution in [3.8, 4) is 0 Å². The van der Waals surface area contributed by atoms with Crippen LogP contribution in [0.15, 0.2) is 24.3 Å². The van der Waals surface area contributed by atoms with Crippen LogP contribution in [-0.2, 0) is 20.6 Å². The van der Waals surface area contributed by atoms with Crippen LogP contribution in [0.2, 0.25) is 0 Å². The Balaban J connectivity index is 0.960. The van der Waals surface area contributed by atoms with Gasteiger partial charge < -0.3 is 30.6 Å². The molecule has 1 aromatic rings. The van der Waals surface area contributed by atoms with E-state index >= 15 is 0 Å². The predicted molar refractivity (Wildman–Crippen MR) is 159 cm³/mol. The second kappa shape index (κ2) is 13.7. The number of amides is 3. The standard InChI is InChI=1S/C29H47BN4O4S/c1-28(2)29(3,4)38-30(37-28)22-15-13-21(14-16-22)19-31-17-9-5-6-10-18-32-25(35)12-8-7-11-24-26-23(20-39-24)33-27(36)34-26/h13-16,23-24,26,31H,5-12,17-20H2,1-4H3,(H,32,35)(H2,33,34,36)/t23-,24-,26-/m0/s1. The van der Waals surface area contributed by atoms with Crippen LogP contribution < -0.4 is 26.7 Å². The van der Waals surface area contributed by atoms with Gasteiger partial charge in [0, 0.05) is 30.5 Å². The summed E-state index contributed by atoms with van der Waals surface area (Å²) in [7, 11) is -0.313. The molecule has 3 aliphatic heterocycles. The Morgan fingerprint density at radius 2 is 1.67 bits per heavy atom. The monoisotopic (exact) mass is 558 g/mol. The number of thioether (sulfide) groups is 1. The zero-order chi connectivity index (χ0) is 27.9. The highest BCUT2D eigenvalue weighted by Gasteiger charge is 2.51. The summed E-state index contributed by atoms with van der Waals surface area (Å²) in [5, 5.41) is 13.1. The second-order valence-corrected chi connectivity index (χ2v) is 13.4. The van der Waals surface area contributed by atoms with Gasteiger partial charge in [-0.1, -0.05) is 43.5 Å². The molecule has 1 aromatic carbocycles. The van der Waals surface area contributed by atoms with Gasteiger partial charge in [0.2, 0.25) is 5.91 Å². The topological polar surface area (TPSA) is 101 Å². The Morgan fingerprint density at radius 3 is 2.38 bits per heavy atom. The summed E-state index contributed by atoms with van der Waals surface area (Å²) in [6.45, 7) is 10.9. The van der Waals surface area contributed by atoms with Gasteiger partial charge in [-0.25, -0.2) is 4.79 Å². The molecule has 3 amide bonds. The molecule has 3 atom stereocenters. The van der Waals surface area contributed by atoms with E-state index in [9.17, 15) is 9.59 Å². The average Bonchev–Trinajstić information content (AvgIpc) is 3.50. The molecule has 0 bridgehead atoms. The van der Waals surface area contributed by atoms with Gasteiger partial charge in [0.05, 0.1) is 23.3 Å². The summed E-state index contributed by atoms with van der Waals surface area (Å²) >= 11 is 1.93. The third kappa shape index (κ3) is 8.38. The Morgan fingerprint density at radius 1 is 0.974 bits per heavy atom. The Bertz CT molecular complexity index is 945. The van der Waals surface area contributed by atoms with Crippen LogP contribution in [0.4, 0.5) is 4.79 Å². The molecule has 4 rings (SSSR count). The van der Waals surface area contributed by atoms with Crippen molar-refractivity contribution < 1.29 is 18.9 Å². The van der Waals surface area contributed by atoms with E-state index in [1.165, 1.54) is 5.56 Å². The quantitative estimate of drug-likeness (QED) is 0.150. The third-order valence-electron chi connectivity index (χ3n) is 8.52. The van der Waals surface area contributed by atoms with E-state index in [1.54, 1.807) is 0 Å². The molecule has 0 radical (unpaired) electrons. The Kier molecular flexibility index (Phi) is 10.7. The maximum atomic E-state index is 12.1. The van der Waals surface area contributed by atoms with Crippen LogP contribution in [0, 0.1) is 0 Å². The summed E-state index contributed by atoms with van der Waals surface area (Å²) in [5.74, 6) is 1.15. The van der Waals surface area contributed by atoms with Gasteiger partial charge in [-0.2, -0.15) is 11.8 Å². The Hall–Kier alpha value is -1.75. The first-order valence-corrected chi connectivity index (χ1v) is 15.8. The highest BCUT2D eigenvalue weighted by Crippen LogP contribution is 2.36. The van der Waals surface area contributed by atoms with Gasteiger partial charge in [-0.3, -0.25) is 4.79 Å². The fourth-order valence-electron chi connectivity index (χ4n) is 5.32. The second-order valence-electron chi connectivity index (χ2n) is 12.1. The number of hydrogen-bond donors (Lipinski definition) is 4. The van der Waals surface area contributed by atoms with Gasteiger partial charge in [0.25, 0.3) is 0 Å². The number of fused-ring (bicyclic) bond motifs is 1. The maximum Gasteiger partial charge on any atom is 0.494 e. The largest absolute Gasteiger partial charge is 0.494 e. The van der Waals surface area contributed by atoms with E-state index < -0.39 is 0 Å². The third-order valence-corrected chi connectivity index (χ3v) is 10.0. The normalized spacial score (nSPS) is 24.9. The number of nitrogens with one attached hydrogen (secondary N) is 4. The molecule has 3 aliphatic rings. The van der Waals surface area contributed by atoms with E-state index in [4.69, 9.17) is 9.31 Å². The van der Waals surface area contributed by atoms with E-state index in [-0.39, 0.29) is 42.3 Å². The van der Waals surface area contributed by atoms with Gasteiger partial charge in [-0.15, -0.1) is 0 Å². The SMILES string of the molecule is CC1(C)OB(c2ccc(CNCCCCCCNC(=O)CCCC[C@@H]3SC[C@@H]4NC(=O)N[C@@H]43)cc2)OC1(C)C. The molecule has 10 heteroatoms. The van der Waals surface area contributed by atoms with Crippen LogP contribution in [0.25, 0.3) is 0 Å². The van der Waals surface area contributed by atoms with Crippen molar-refractivity contribution in [2.24, 2.45) is 0 Å². The van der Waals surface area contributed by atoms with Crippen LogP contribution in [0.1, 0.15) is 84.6 Å². The average molecular weight is 559 g/mol. The minimum Gasteiger partial charge on any atom is -0.399 e. The summed E-state index contributed by atoms with van der Waals surface area (Å²) in [6, 6.07) is 8.99. The molecule has 216 valence electrons. The molecule has 0 spiro atoms. The highest BCUT2D eigenvalue weighted by atomic mass is 32.2. The lowest BCUT2D eigenvalue weighted by Crippen LogP contribution is -2.41. The van der Waals surface area contributed by atoms with Crippen LogP contribution >= 0.6 is 11.8 Å². The number of carbonyl (C=O) groups excluding carboxylic acids is 2. The number of urea groups is 1. The molecule has 39 heavy (non-hydrogen) atoms. The van der Waals surface area contributed by atoms with Crippen LogP contribution in [0.3, 0.4) is 0 Å². The van der Waals surface area contributed by atoms with E-state index in [0.29, 0.717) is 11.7 Å². The smallest absolute Gasteiger partial charge is 0.399 e. The Labute approximate surface area is 239 Å². The number of rotatable bonds is 15. The lowest BCUT2D eigenvalue weighted by Gasteiger charge is -2.32. The fraction of sp³-hybridized carbons (Fsp3) is 0.724. The molecular formula is C29H47BN4O4S. The zero-order valence-electron chi connectivity index (χ0n) is 24.1. The molecule has 3 fully saturated rings. The van der Waals surface area contributed by atoms with Crippen molar-refractivity contribution in [1.29, 1.82) is 0 Å². The highest BCUT2D eigenvalue weighted by molar-refractivity contribution is 8.00. The predicted octanol–water partition coefficient (Wildman–Crippen LogP) is 3.48. The van der Waals surface area contributed by atoms with Crippen molar-refractivity contribution in [3.63, 3.8) is 0 Å². The van der Waals surface area contributed by atoms with E-state index in [2.05, 4.69) is 73.2 Å². The fourth-order valence-corrected chi connectivity index (χ4v) is 6.87. The molecule has 8 nitrogen and oxygen atoms in total. The number of carbonyl (C=O) groups is 2. The lowest BCUT2D eigenvalue weighted by atomic mass is 9.79. The van der Waals surface area contributed by atoms with E-state index in [1.807, 2.05) is 11.8 Å². The van der Waals surface area contributed by atoms with E-state index in [0.717, 1.165) is 75.8 Å². The molecule has 3 heterocycles. The summed E-state index contributed by atoms with van der Waals surface area (Å²) in [4.78, 5) is 23.6. The van der Waals surface area contributed by atoms with Gasteiger partial charge in [0.15, 0.2) is 0 Å². The number of hydrogen-bond acceptors (Lipinski definition) is 6. The van der Waals surface area contributed by atoms with Crippen molar-refractivity contribution in [3.05, 3.63) is 29.8 Å². The summed E-state index contributed by atoms with van der Waals surface area (Å²) in [6.07, 6.45) is 8.05. The van der Waals surface area contributed by atoms with Crippen LogP contribution in [-0.4, -0.2) is 66.4 Å². The zero-order valence-corrected chi connectivity index (χ0v) is 25.0. The molecule has 0 saturated carbocycles. The van der Waals surface area contributed by atoms with Gasteiger partial charge in [-0.05, 0) is 70.9 Å². The van der Waals surface area contributed by atoms with Crippen molar-refractivity contribution in [1.82, 2.24) is 21.3 Å². The molecule has 0 aromatic heterocycles. The minimum atomic E-state index is -0.321. The molecule has 3 saturated heterocycles. The first kappa shape index (κ1) is 30.2. The first-order valence-electron chi connectivity index (χ1n) is 14.8. The van der Waals surface area contributed by atoms with Crippen LogP contribution in [0.5, 0.6) is 0 Å². The van der Waals surface area contributed by atoms with Gasteiger partial charge >= 0.3 is 13.1 Å². The maximum absolute atomic E-state index is 12.1. The first-order chi connectivity index (χ1) is 18.6.